The maximum atomic E-state index is 13.5. The molecule has 222 valence electrons. The van der Waals surface area contributed by atoms with Gasteiger partial charge in [0.2, 0.25) is 17.7 Å². The number of amides is 4. The molecule has 4 bridgehead atoms. The number of carbonyl (C=O) groups excluding carboxylic acids is 4. The quantitative estimate of drug-likeness (QED) is 0.423. The van der Waals surface area contributed by atoms with E-state index in [-0.39, 0.29) is 61.5 Å². The minimum Gasteiger partial charge on any atom is -0.394 e. The van der Waals surface area contributed by atoms with Gasteiger partial charge in [-0.2, -0.15) is 0 Å². The summed E-state index contributed by atoms with van der Waals surface area (Å²) in [5, 5.41) is 23.8. The minimum atomic E-state index is -0.883. The van der Waals surface area contributed by atoms with Crippen molar-refractivity contribution in [1.29, 1.82) is 0 Å². The first kappa shape index (κ1) is 29.1. The molecule has 2 aromatic rings. The molecule has 2 saturated heterocycles. The maximum Gasteiger partial charge on any atom is 0.265 e. The molecule has 3 aliphatic heterocycles. The van der Waals surface area contributed by atoms with Crippen LogP contribution in [0, 0.1) is 18.8 Å². The molecule has 3 aliphatic rings. The Kier molecular flexibility index (Phi) is 9.28. The van der Waals surface area contributed by atoms with E-state index in [0.717, 1.165) is 30.9 Å². The molecule has 2 aromatic heterocycles. The summed E-state index contributed by atoms with van der Waals surface area (Å²) in [6.07, 6.45) is 5.34. The standard InChI is InChI=1S/C27H38N8O5S/c1-17-25-27(40)34-9-5-18(13-24(38)33-7-2-3-8-33)19(15-34)12-22(37)30-21(14-20-16-35(10-11-36)32-31-20)26(39)28-6-4-23(29-17)41-25/h16,18-19,21,36H,2-15H2,1H3,(H,28,39)(H,30,37)/t18-,19-,21+/m0/s1. The van der Waals surface area contributed by atoms with Gasteiger partial charge in [-0.15, -0.1) is 16.4 Å². The Hall–Kier alpha value is -3.39. The van der Waals surface area contributed by atoms with Crippen LogP contribution < -0.4 is 10.6 Å². The van der Waals surface area contributed by atoms with Crippen LogP contribution in [0.4, 0.5) is 0 Å². The minimum absolute atomic E-state index is 0.0441. The van der Waals surface area contributed by atoms with E-state index >= 15 is 0 Å². The number of nitrogens with zero attached hydrogens (tertiary/aromatic N) is 6. The Morgan fingerprint density at radius 3 is 2.78 bits per heavy atom. The average Bonchev–Trinajstić information content (AvgIpc) is 3.71. The molecule has 0 spiro atoms. The summed E-state index contributed by atoms with van der Waals surface area (Å²) in [6.45, 7) is 4.74. The first-order valence-electron chi connectivity index (χ1n) is 14.4. The van der Waals surface area contributed by atoms with Crippen LogP contribution in [-0.2, 0) is 33.8 Å². The van der Waals surface area contributed by atoms with Gasteiger partial charge in [-0.3, -0.25) is 19.2 Å². The summed E-state index contributed by atoms with van der Waals surface area (Å²) in [4.78, 5) is 62.1. The zero-order chi connectivity index (χ0) is 28.9. The summed E-state index contributed by atoms with van der Waals surface area (Å²) in [6, 6.07) is -0.883. The van der Waals surface area contributed by atoms with E-state index in [2.05, 4.69) is 25.9 Å². The van der Waals surface area contributed by atoms with Crippen molar-refractivity contribution in [3.63, 3.8) is 0 Å². The molecule has 0 aromatic carbocycles. The highest BCUT2D eigenvalue weighted by atomic mass is 32.1. The Bertz CT molecular complexity index is 1270. The lowest BCUT2D eigenvalue weighted by molar-refractivity contribution is -0.133. The molecule has 0 unspecified atom stereocenters. The fraction of sp³-hybridized carbons (Fsp3) is 0.667. The Labute approximate surface area is 242 Å². The third-order valence-electron chi connectivity index (χ3n) is 8.18. The van der Waals surface area contributed by atoms with E-state index in [1.165, 1.54) is 16.0 Å². The maximum absolute atomic E-state index is 13.5. The summed E-state index contributed by atoms with van der Waals surface area (Å²) in [5.41, 5.74) is 1.18. The number of hydrogen-bond acceptors (Lipinski definition) is 9. The van der Waals surface area contributed by atoms with E-state index in [4.69, 9.17) is 0 Å². The SMILES string of the molecule is Cc1nc2sc1C(=O)N1CC[C@@H](CC(=O)N3CCCC3)[C@@H](CC(=O)N[C@H](Cc3cn(CCO)nn3)C(=O)NCC2)C1. The van der Waals surface area contributed by atoms with E-state index in [9.17, 15) is 24.3 Å². The van der Waals surface area contributed by atoms with Crippen molar-refractivity contribution in [2.45, 2.75) is 64.5 Å². The van der Waals surface area contributed by atoms with Crippen LogP contribution in [0.1, 0.15) is 58.2 Å². The number of thiazole rings is 1. The molecule has 2 fully saturated rings. The fourth-order valence-electron chi connectivity index (χ4n) is 5.96. The van der Waals surface area contributed by atoms with Gasteiger partial charge in [-0.05, 0) is 38.0 Å². The van der Waals surface area contributed by atoms with Crippen LogP contribution in [-0.4, -0.2) is 104 Å². The predicted molar refractivity (Wildman–Crippen MR) is 149 cm³/mol. The van der Waals surface area contributed by atoms with Crippen LogP contribution in [0.25, 0.3) is 0 Å². The molecule has 13 nitrogen and oxygen atoms in total. The van der Waals surface area contributed by atoms with Crippen molar-refractivity contribution in [3.05, 3.63) is 27.5 Å². The molecule has 5 heterocycles. The van der Waals surface area contributed by atoms with Crippen molar-refractivity contribution in [2.24, 2.45) is 11.8 Å². The molecule has 3 atom stereocenters. The smallest absolute Gasteiger partial charge is 0.265 e. The normalized spacial score (nSPS) is 24.0. The second-order valence-electron chi connectivity index (χ2n) is 11.1. The van der Waals surface area contributed by atoms with Crippen LogP contribution in [0.15, 0.2) is 6.20 Å². The number of likely N-dealkylation sites (tertiary alicyclic amines) is 1. The fourth-order valence-corrected chi connectivity index (χ4v) is 6.99. The number of piperidine rings is 1. The summed E-state index contributed by atoms with van der Waals surface area (Å²) in [5.74, 6) is -0.918. The largest absolute Gasteiger partial charge is 0.394 e. The van der Waals surface area contributed by atoms with Gasteiger partial charge >= 0.3 is 0 Å². The van der Waals surface area contributed by atoms with Gasteiger partial charge in [-0.1, -0.05) is 5.21 Å². The van der Waals surface area contributed by atoms with E-state index in [0.29, 0.717) is 55.2 Å². The lowest BCUT2D eigenvalue weighted by Gasteiger charge is -2.38. The average molecular weight is 587 g/mol. The first-order valence-corrected chi connectivity index (χ1v) is 15.2. The van der Waals surface area contributed by atoms with Crippen molar-refractivity contribution in [3.8, 4) is 0 Å². The molecule has 5 rings (SSSR count). The first-order chi connectivity index (χ1) is 19.8. The number of aliphatic hydroxyl groups excluding tert-OH is 1. The van der Waals surface area contributed by atoms with Crippen LogP contribution >= 0.6 is 11.3 Å². The number of aryl methyl sites for hydroxylation is 1. The van der Waals surface area contributed by atoms with Gasteiger partial charge in [0.25, 0.3) is 5.91 Å². The highest BCUT2D eigenvalue weighted by Crippen LogP contribution is 2.32. The van der Waals surface area contributed by atoms with Crippen molar-refractivity contribution >= 4 is 35.0 Å². The lowest BCUT2D eigenvalue weighted by atomic mass is 9.80. The monoisotopic (exact) mass is 586 g/mol. The topological polar surface area (TPSA) is 163 Å². The van der Waals surface area contributed by atoms with Gasteiger partial charge in [0, 0.05) is 64.6 Å². The molecule has 4 amide bonds. The molecular formula is C27H38N8O5S. The van der Waals surface area contributed by atoms with Crippen LogP contribution in [0.2, 0.25) is 0 Å². The number of rotatable bonds is 6. The van der Waals surface area contributed by atoms with Gasteiger partial charge < -0.3 is 25.5 Å². The second kappa shape index (κ2) is 13.1. The van der Waals surface area contributed by atoms with Gasteiger partial charge in [0.05, 0.1) is 29.5 Å². The zero-order valence-electron chi connectivity index (χ0n) is 23.4. The number of nitrogens with one attached hydrogen (secondary N) is 2. The Balaban J connectivity index is 1.38. The highest BCUT2D eigenvalue weighted by Gasteiger charge is 2.37. The number of hydrogen-bond donors (Lipinski definition) is 3. The Morgan fingerprint density at radius 1 is 1.20 bits per heavy atom. The van der Waals surface area contributed by atoms with Gasteiger partial charge in [0.15, 0.2) is 0 Å². The molecular weight excluding hydrogens is 548 g/mol. The second-order valence-corrected chi connectivity index (χ2v) is 12.2. The van der Waals surface area contributed by atoms with Gasteiger partial charge in [0.1, 0.15) is 10.9 Å². The van der Waals surface area contributed by atoms with Crippen LogP contribution in [0.3, 0.4) is 0 Å². The van der Waals surface area contributed by atoms with Crippen molar-refractivity contribution in [1.82, 2.24) is 40.4 Å². The highest BCUT2D eigenvalue weighted by molar-refractivity contribution is 7.13. The number of aliphatic hydroxyl groups is 1. The van der Waals surface area contributed by atoms with Crippen molar-refractivity contribution in [2.75, 3.05) is 39.3 Å². The molecule has 0 saturated carbocycles. The predicted octanol–water partition coefficient (Wildman–Crippen LogP) is -0.0840. The molecule has 14 heteroatoms. The molecule has 0 aliphatic carbocycles. The lowest BCUT2D eigenvalue weighted by Crippen LogP contribution is -2.50. The number of fused-ring (bicyclic) bond motifs is 4. The summed E-state index contributed by atoms with van der Waals surface area (Å²) in [7, 11) is 0. The van der Waals surface area contributed by atoms with E-state index in [1.54, 1.807) is 11.1 Å². The molecule has 3 N–H and O–H groups in total. The van der Waals surface area contributed by atoms with E-state index < -0.39 is 6.04 Å². The van der Waals surface area contributed by atoms with E-state index in [1.807, 2.05) is 11.8 Å². The van der Waals surface area contributed by atoms with Crippen LogP contribution in [0.5, 0.6) is 0 Å². The molecule has 41 heavy (non-hydrogen) atoms. The molecule has 0 radical (unpaired) electrons. The zero-order valence-corrected chi connectivity index (χ0v) is 24.2. The van der Waals surface area contributed by atoms with Gasteiger partial charge in [-0.25, -0.2) is 9.67 Å². The third kappa shape index (κ3) is 7.10. The number of carbonyl (C=O) groups is 4. The third-order valence-corrected chi connectivity index (χ3v) is 9.38. The van der Waals surface area contributed by atoms with Crippen molar-refractivity contribution < 1.29 is 24.3 Å². The number of aromatic nitrogens is 4. The summed E-state index contributed by atoms with van der Waals surface area (Å²) < 4.78 is 1.49. The summed E-state index contributed by atoms with van der Waals surface area (Å²) >= 11 is 1.35. The Morgan fingerprint density at radius 2 is 2.00 bits per heavy atom.